The molecule has 8 nitrogen and oxygen atoms in total. The first-order valence-corrected chi connectivity index (χ1v) is 10.2. The molecule has 0 fully saturated rings. The molecule has 1 heterocycles. The molecule has 0 bridgehead atoms. The van der Waals surface area contributed by atoms with E-state index in [1.807, 2.05) is 37.3 Å². The van der Waals surface area contributed by atoms with Crippen molar-refractivity contribution in [2.45, 2.75) is 13.5 Å². The Hall–Kier alpha value is -4.84. The number of halogens is 1. The highest BCUT2D eigenvalue weighted by Crippen LogP contribution is 2.26. The molecule has 0 unspecified atom stereocenters. The predicted octanol–water partition coefficient (Wildman–Crippen LogP) is 4.68. The highest BCUT2D eigenvalue weighted by Gasteiger charge is 2.15. The Morgan fingerprint density at radius 3 is 2.62 bits per heavy atom. The van der Waals surface area contributed by atoms with Gasteiger partial charge in [-0.25, -0.2) is 9.82 Å². The summed E-state index contributed by atoms with van der Waals surface area (Å²) in [5, 5.41) is 24.7. The van der Waals surface area contributed by atoms with Crippen LogP contribution in [0.2, 0.25) is 0 Å². The fourth-order valence-corrected chi connectivity index (χ4v) is 3.71. The summed E-state index contributed by atoms with van der Waals surface area (Å²) in [7, 11) is 0. The molecule has 0 aliphatic rings. The van der Waals surface area contributed by atoms with Crippen molar-refractivity contribution in [3.63, 3.8) is 0 Å². The van der Waals surface area contributed by atoms with Gasteiger partial charge in [-0.2, -0.15) is 10.4 Å². The van der Waals surface area contributed by atoms with Crippen LogP contribution in [0.3, 0.4) is 0 Å². The number of carbonyl (C=O) groups excluding carboxylic acids is 1. The molecular weight excluding hydrogens is 437 g/mol. The zero-order chi connectivity index (χ0) is 24.2. The number of nitrogens with zero attached hydrogens (tertiary/aromatic N) is 4. The quantitative estimate of drug-likeness (QED) is 0.258. The maximum absolute atomic E-state index is 14.1. The summed E-state index contributed by atoms with van der Waals surface area (Å²) >= 11 is 0. The summed E-state index contributed by atoms with van der Waals surface area (Å²) in [6, 6.07) is 19.5. The lowest BCUT2D eigenvalue weighted by Gasteiger charge is -2.08. The second-order valence-electron chi connectivity index (χ2n) is 7.53. The van der Waals surface area contributed by atoms with Crippen LogP contribution in [0.25, 0.3) is 10.9 Å². The number of non-ortho nitro benzene ring substituents is 1. The summed E-state index contributed by atoms with van der Waals surface area (Å²) in [4.78, 5) is 22.8. The molecule has 3 aromatic carbocycles. The monoisotopic (exact) mass is 455 g/mol. The molecule has 0 saturated heterocycles. The van der Waals surface area contributed by atoms with Crippen molar-refractivity contribution in [1.29, 1.82) is 5.26 Å². The molecule has 0 saturated carbocycles. The van der Waals surface area contributed by atoms with Gasteiger partial charge in [-0.15, -0.1) is 0 Å². The molecule has 1 aromatic heterocycles. The van der Waals surface area contributed by atoms with Gasteiger partial charge in [0.15, 0.2) is 0 Å². The normalized spacial score (nSPS) is 11.0. The van der Waals surface area contributed by atoms with E-state index in [0.717, 1.165) is 33.8 Å². The van der Waals surface area contributed by atoms with E-state index in [4.69, 9.17) is 5.26 Å². The SMILES string of the molecule is Cc1c(/C=N/NC(=O)c2ccc(C#N)cc2F)c2ccccc2n1Cc1ccc([N+](=O)[O-])cc1. The van der Waals surface area contributed by atoms with E-state index in [2.05, 4.69) is 15.1 Å². The molecule has 0 spiro atoms. The third kappa shape index (κ3) is 4.38. The molecular formula is C25H18FN5O3. The zero-order valence-electron chi connectivity index (χ0n) is 18.0. The average Bonchev–Trinajstić information content (AvgIpc) is 3.10. The molecule has 4 rings (SSSR count). The smallest absolute Gasteiger partial charge is 0.274 e. The molecule has 1 amide bonds. The molecule has 4 aromatic rings. The summed E-state index contributed by atoms with van der Waals surface area (Å²) in [5.74, 6) is -1.53. The zero-order valence-corrected chi connectivity index (χ0v) is 18.0. The molecule has 1 N–H and O–H groups in total. The lowest BCUT2D eigenvalue weighted by atomic mass is 10.1. The van der Waals surface area contributed by atoms with E-state index in [0.29, 0.717) is 6.54 Å². The number of fused-ring (bicyclic) bond motifs is 1. The van der Waals surface area contributed by atoms with E-state index in [1.165, 1.54) is 30.5 Å². The van der Waals surface area contributed by atoms with Crippen LogP contribution in [0.15, 0.2) is 71.8 Å². The summed E-state index contributed by atoms with van der Waals surface area (Å²) in [5.41, 5.74) is 5.74. The number of nitrogens with one attached hydrogen (secondary N) is 1. The first-order valence-electron chi connectivity index (χ1n) is 10.2. The Kier molecular flexibility index (Phi) is 6.14. The molecule has 9 heteroatoms. The second kappa shape index (κ2) is 9.34. The van der Waals surface area contributed by atoms with E-state index in [9.17, 15) is 19.3 Å². The Labute approximate surface area is 193 Å². The summed E-state index contributed by atoms with van der Waals surface area (Å²) in [6.07, 6.45) is 1.50. The maximum Gasteiger partial charge on any atom is 0.274 e. The number of hydrogen-bond donors (Lipinski definition) is 1. The number of para-hydroxylation sites is 1. The molecule has 0 radical (unpaired) electrons. The number of nitro groups is 1. The van der Waals surface area contributed by atoms with Gasteiger partial charge in [0.2, 0.25) is 0 Å². The maximum atomic E-state index is 14.1. The van der Waals surface area contributed by atoms with Gasteiger partial charge in [0, 0.05) is 40.8 Å². The van der Waals surface area contributed by atoms with Crippen molar-refractivity contribution in [3.8, 4) is 6.07 Å². The number of nitro benzene ring substituents is 1. The van der Waals surface area contributed by atoms with Crippen LogP contribution in [0.4, 0.5) is 10.1 Å². The standard InChI is InChI=1S/C25H18FN5O3/c1-16-22(14-28-29-25(32)21-11-8-18(13-27)12-23(21)26)20-4-2-3-5-24(20)30(16)15-17-6-9-19(10-7-17)31(33)34/h2-12,14H,15H2,1H3,(H,29,32)/b28-14+. The Balaban J connectivity index is 1.60. The van der Waals surface area contributed by atoms with Crippen LogP contribution in [0.5, 0.6) is 0 Å². The van der Waals surface area contributed by atoms with Gasteiger partial charge in [-0.1, -0.05) is 30.3 Å². The summed E-state index contributed by atoms with van der Waals surface area (Å²) < 4.78 is 16.1. The van der Waals surface area contributed by atoms with E-state index < -0.39 is 16.6 Å². The lowest BCUT2D eigenvalue weighted by molar-refractivity contribution is -0.384. The minimum atomic E-state index is -0.803. The number of benzene rings is 3. The number of carbonyl (C=O) groups is 1. The van der Waals surface area contributed by atoms with Crippen molar-refractivity contribution < 1.29 is 14.1 Å². The minimum absolute atomic E-state index is 0.0279. The van der Waals surface area contributed by atoms with Crippen LogP contribution in [-0.2, 0) is 6.54 Å². The lowest BCUT2D eigenvalue weighted by Crippen LogP contribution is -2.19. The molecule has 168 valence electrons. The fraction of sp³-hybridized carbons (Fsp3) is 0.0800. The van der Waals surface area contributed by atoms with E-state index in [1.54, 1.807) is 12.1 Å². The minimum Gasteiger partial charge on any atom is -0.340 e. The number of amides is 1. The Bertz CT molecular complexity index is 1480. The number of hydrazone groups is 1. The van der Waals surface area contributed by atoms with E-state index in [-0.39, 0.29) is 16.8 Å². The van der Waals surface area contributed by atoms with Gasteiger partial charge in [0.05, 0.1) is 28.3 Å². The molecule has 0 aliphatic carbocycles. The highest BCUT2D eigenvalue weighted by molar-refractivity contribution is 6.02. The largest absolute Gasteiger partial charge is 0.340 e. The fourth-order valence-electron chi connectivity index (χ4n) is 3.71. The number of nitriles is 1. The first kappa shape index (κ1) is 22.4. The van der Waals surface area contributed by atoms with Crippen LogP contribution >= 0.6 is 0 Å². The molecule has 34 heavy (non-hydrogen) atoms. The Morgan fingerprint density at radius 2 is 1.94 bits per heavy atom. The number of hydrogen-bond acceptors (Lipinski definition) is 5. The van der Waals surface area contributed by atoms with Crippen molar-refractivity contribution in [3.05, 3.63) is 111 Å². The number of aromatic nitrogens is 1. The third-order valence-electron chi connectivity index (χ3n) is 5.47. The Morgan fingerprint density at radius 1 is 1.21 bits per heavy atom. The van der Waals surface area contributed by atoms with Crippen LogP contribution in [0, 0.1) is 34.2 Å². The van der Waals surface area contributed by atoms with Crippen molar-refractivity contribution in [2.24, 2.45) is 5.10 Å². The number of rotatable bonds is 6. The average molecular weight is 455 g/mol. The van der Waals surface area contributed by atoms with Crippen molar-refractivity contribution in [2.75, 3.05) is 0 Å². The molecule has 0 aliphatic heterocycles. The van der Waals surface area contributed by atoms with Crippen LogP contribution in [-0.4, -0.2) is 21.6 Å². The van der Waals surface area contributed by atoms with Crippen LogP contribution < -0.4 is 5.43 Å². The van der Waals surface area contributed by atoms with Gasteiger partial charge < -0.3 is 4.57 Å². The highest BCUT2D eigenvalue weighted by atomic mass is 19.1. The van der Waals surface area contributed by atoms with Gasteiger partial charge in [-0.05, 0) is 36.8 Å². The predicted molar refractivity (Wildman–Crippen MR) is 125 cm³/mol. The first-order chi connectivity index (χ1) is 16.4. The van der Waals surface area contributed by atoms with Crippen LogP contribution in [0.1, 0.15) is 32.7 Å². The second-order valence-corrected chi connectivity index (χ2v) is 7.53. The van der Waals surface area contributed by atoms with Gasteiger partial charge in [-0.3, -0.25) is 14.9 Å². The summed E-state index contributed by atoms with van der Waals surface area (Å²) in [6.45, 7) is 2.40. The van der Waals surface area contributed by atoms with Crippen molar-refractivity contribution in [1.82, 2.24) is 9.99 Å². The third-order valence-corrected chi connectivity index (χ3v) is 5.47. The van der Waals surface area contributed by atoms with Gasteiger partial charge in [0.25, 0.3) is 11.6 Å². The van der Waals surface area contributed by atoms with Gasteiger partial charge in [0.1, 0.15) is 5.82 Å². The van der Waals surface area contributed by atoms with Gasteiger partial charge >= 0.3 is 0 Å². The molecule has 0 atom stereocenters. The van der Waals surface area contributed by atoms with E-state index >= 15 is 0 Å². The van der Waals surface area contributed by atoms with Crippen molar-refractivity contribution >= 4 is 28.7 Å². The topological polar surface area (TPSA) is 113 Å².